The number of ether oxygens (including phenoxy) is 1. The van der Waals surface area contributed by atoms with Gasteiger partial charge in [0.05, 0.1) is 18.7 Å². The molecule has 0 aliphatic heterocycles. The van der Waals surface area contributed by atoms with Gasteiger partial charge in [-0.15, -0.1) is 0 Å². The van der Waals surface area contributed by atoms with Gasteiger partial charge in [-0.1, -0.05) is 23.7 Å². The largest absolute Gasteiger partial charge is 0.497 e. The Morgan fingerprint density at radius 2 is 2.00 bits per heavy atom. The molecule has 2 rings (SSSR count). The molecule has 0 amide bonds. The molecule has 0 fully saturated rings. The smallest absolute Gasteiger partial charge is 0.145 e. The van der Waals surface area contributed by atoms with E-state index < -0.39 is 0 Å². The summed E-state index contributed by atoms with van der Waals surface area (Å²) in [6, 6.07) is 9.43. The van der Waals surface area contributed by atoms with Crippen molar-refractivity contribution < 1.29 is 9.84 Å². The van der Waals surface area contributed by atoms with Gasteiger partial charge in [0.15, 0.2) is 0 Å². The maximum Gasteiger partial charge on any atom is 0.145 e. The average Bonchev–Trinajstić information content (AvgIpc) is 2.47. The summed E-state index contributed by atoms with van der Waals surface area (Å²) in [5.41, 5.74) is 1.75. The first-order valence-corrected chi connectivity index (χ1v) is 6.23. The van der Waals surface area contributed by atoms with Gasteiger partial charge in [0.25, 0.3) is 0 Å². The first kappa shape index (κ1) is 13.6. The maximum atomic E-state index is 9.13. The Bertz CT molecular complexity index is 544. The van der Waals surface area contributed by atoms with Gasteiger partial charge >= 0.3 is 0 Å². The summed E-state index contributed by atoms with van der Waals surface area (Å²) in [4.78, 5) is 4.16. The van der Waals surface area contributed by atoms with Crippen LogP contribution in [0.1, 0.15) is 11.1 Å². The van der Waals surface area contributed by atoms with Gasteiger partial charge < -0.3 is 15.2 Å². The lowest BCUT2D eigenvalue weighted by Gasteiger charge is -2.10. The predicted octanol–water partition coefficient (Wildman–Crippen LogP) is 2.85. The Morgan fingerprint density at radius 1 is 1.26 bits per heavy atom. The number of benzene rings is 1. The van der Waals surface area contributed by atoms with Crippen LogP contribution in [-0.4, -0.2) is 17.2 Å². The van der Waals surface area contributed by atoms with Crippen molar-refractivity contribution in [3.8, 4) is 5.75 Å². The van der Waals surface area contributed by atoms with Crippen LogP contribution >= 0.6 is 11.6 Å². The highest BCUT2D eigenvalue weighted by atomic mass is 35.5. The highest BCUT2D eigenvalue weighted by molar-refractivity contribution is 6.33. The highest BCUT2D eigenvalue weighted by Crippen LogP contribution is 2.24. The number of methoxy groups -OCH3 is 1. The minimum Gasteiger partial charge on any atom is -0.497 e. The second-order valence-electron chi connectivity index (χ2n) is 3.99. The minimum absolute atomic E-state index is 0.0986. The summed E-state index contributed by atoms with van der Waals surface area (Å²) >= 11 is 6.12. The Labute approximate surface area is 117 Å². The van der Waals surface area contributed by atoms with E-state index in [9.17, 15) is 0 Å². The lowest BCUT2D eigenvalue weighted by Crippen LogP contribution is -2.03. The quantitative estimate of drug-likeness (QED) is 0.883. The van der Waals surface area contributed by atoms with E-state index in [1.807, 2.05) is 24.3 Å². The van der Waals surface area contributed by atoms with Crippen molar-refractivity contribution in [2.75, 3.05) is 12.4 Å². The number of halogens is 1. The van der Waals surface area contributed by atoms with Gasteiger partial charge in [-0.05, 0) is 23.8 Å². The third kappa shape index (κ3) is 3.36. The van der Waals surface area contributed by atoms with E-state index in [0.717, 1.165) is 11.3 Å². The fourth-order valence-corrected chi connectivity index (χ4v) is 1.90. The summed E-state index contributed by atoms with van der Waals surface area (Å²) in [6.45, 7) is 0.504. The number of aromatic nitrogens is 1. The van der Waals surface area contributed by atoms with Gasteiger partial charge in [0.2, 0.25) is 0 Å². The van der Waals surface area contributed by atoms with E-state index in [1.165, 1.54) is 0 Å². The number of pyridine rings is 1. The standard InChI is InChI=1S/C14H15ClN2O2/c1-19-12-4-2-10(3-5-12)8-17-14-13(15)11(9-18)6-7-16-14/h2-7,18H,8-9H2,1H3,(H,16,17). The molecule has 0 bridgehead atoms. The van der Waals surface area contributed by atoms with E-state index in [1.54, 1.807) is 19.4 Å². The van der Waals surface area contributed by atoms with Crippen LogP contribution < -0.4 is 10.1 Å². The van der Waals surface area contributed by atoms with E-state index in [4.69, 9.17) is 21.4 Å². The summed E-state index contributed by atoms with van der Waals surface area (Å²) in [5, 5.41) is 12.7. The molecule has 0 spiro atoms. The van der Waals surface area contributed by atoms with Crippen LogP contribution in [0.3, 0.4) is 0 Å². The lowest BCUT2D eigenvalue weighted by molar-refractivity contribution is 0.282. The molecule has 2 N–H and O–H groups in total. The van der Waals surface area contributed by atoms with Crippen LogP contribution in [0.5, 0.6) is 5.75 Å². The van der Waals surface area contributed by atoms with Gasteiger partial charge in [0, 0.05) is 18.3 Å². The topological polar surface area (TPSA) is 54.4 Å². The molecule has 5 heteroatoms. The van der Waals surface area contributed by atoms with E-state index in [0.29, 0.717) is 22.9 Å². The molecule has 0 aliphatic carbocycles. The number of anilines is 1. The number of hydrogen-bond donors (Lipinski definition) is 2. The molecule has 0 radical (unpaired) electrons. The van der Waals surface area contributed by atoms with Crippen molar-refractivity contribution in [3.63, 3.8) is 0 Å². The summed E-state index contributed by atoms with van der Waals surface area (Å²) in [5.74, 6) is 1.39. The van der Waals surface area contributed by atoms with Crippen molar-refractivity contribution in [2.24, 2.45) is 0 Å². The molecule has 4 nitrogen and oxygen atoms in total. The van der Waals surface area contributed by atoms with E-state index in [2.05, 4.69) is 10.3 Å². The predicted molar refractivity (Wildman–Crippen MR) is 75.5 cm³/mol. The molecule has 0 saturated heterocycles. The van der Waals surface area contributed by atoms with Gasteiger partial charge in [-0.2, -0.15) is 0 Å². The molecule has 0 atom stereocenters. The maximum absolute atomic E-state index is 9.13. The second kappa shape index (κ2) is 6.41. The van der Waals surface area contributed by atoms with E-state index in [-0.39, 0.29) is 6.61 Å². The first-order valence-electron chi connectivity index (χ1n) is 5.85. The van der Waals surface area contributed by atoms with Crippen LogP contribution in [0.2, 0.25) is 5.02 Å². The molecule has 1 aromatic heterocycles. The molecule has 0 unspecified atom stereocenters. The normalized spacial score (nSPS) is 10.3. The van der Waals surface area contributed by atoms with Crippen LogP contribution in [-0.2, 0) is 13.2 Å². The monoisotopic (exact) mass is 278 g/mol. The number of nitrogens with one attached hydrogen (secondary N) is 1. The molecule has 100 valence electrons. The Morgan fingerprint density at radius 3 is 2.63 bits per heavy atom. The molecule has 1 aromatic carbocycles. The zero-order valence-electron chi connectivity index (χ0n) is 10.6. The Balaban J connectivity index is 2.05. The lowest BCUT2D eigenvalue weighted by atomic mass is 10.2. The van der Waals surface area contributed by atoms with E-state index >= 15 is 0 Å². The molecular formula is C14H15ClN2O2. The molecule has 2 aromatic rings. The van der Waals surface area contributed by atoms with Crippen LogP contribution in [0.4, 0.5) is 5.82 Å². The fourth-order valence-electron chi connectivity index (χ4n) is 1.66. The third-order valence-corrected chi connectivity index (χ3v) is 3.18. The Kier molecular flexibility index (Phi) is 4.60. The number of rotatable bonds is 5. The van der Waals surface area contributed by atoms with Gasteiger partial charge in [-0.25, -0.2) is 4.98 Å². The van der Waals surface area contributed by atoms with Crippen LogP contribution in [0.15, 0.2) is 36.5 Å². The number of aliphatic hydroxyl groups excluding tert-OH is 1. The number of aliphatic hydroxyl groups is 1. The highest BCUT2D eigenvalue weighted by Gasteiger charge is 2.06. The fraction of sp³-hybridized carbons (Fsp3) is 0.214. The summed E-state index contributed by atoms with van der Waals surface area (Å²) in [7, 11) is 1.64. The van der Waals surface area contributed by atoms with Crippen molar-refractivity contribution in [3.05, 3.63) is 52.7 Å². The average molecular weight is 279 g/mol. The molecule has 1 heterocycles. The third-order valence-electron chi connectivity index (χ3n) is 2.76. The van der Waals surface area contributed by atoms with Crippen LogP contribution in [0.25, 0.3) is 0 Å². The summed E-state index contributed by atoms with van der Waals surface area (Å²) < 4.78 is 5.10. The van der Waals surface area contributed by atoms with Crippen LogP contribution in [0, 0.1) is 0 Å². The van der Waals surface area contributed by atoms with Crippen molar-refractivity contribution in [1.29, 1.82) is 0 Å². The number of hydrogen-bond acceptors (Lipinski definition) is 4. The Hall–Kier alpha value is -1.78. The van der Waals surface area contributed by atoms with Crippen molar-refractivity contribution >= 4 is 17.4 Å². The minimum atomic E-state index is -0.0986. The van der Waals surface area contributed by atoms with Gasteiger partial charge in [0.1, 0.15) is 11.6 Å². The summed E-state index contributed by atoms with van der Waals surface area (Å²) in [6.07, 6.45) is 1.62. The zero-order chi connectivity index (χ0) is 13.7. The first-order chi connectivity index (χ1) is 9.24. The zero-order valence-corrected chi connectivity index (χ0v) is 11.3. The number of nitrogens with zero attached hydrogens (tertiary/aromatic N) is 1. The molecule has 19 heavy (non-hydrogen) atoms. The van der Waals surface area contributed by atoms with Gasteiger partial charge in [-0.3, -0.25) is 0 Å². The van der Waals surface area contributed by atoms with Crippen molar-refractivity contribution in [1.82, 2.24) is 4.98 Å². The molecule has 0 saturated carbocycles. The second-order valence-corrected chi connectivity index (χ2v) is 4.37. The van der Waals surface area contributed by atoms with Crippen molar-refractivity contribution in [2.45, 2.75) is 13.2 Å². The SMILES string of the molecule is COc1ccc(CNc2nccc(CO)c2Cl)cc1. The molecule has 0 aliphatic rings. The molecular weight excluding hydrogens is 264 g/mol.